The van der Waals surface area contributed by atoms with Crippen LogP contribution in [0.1, 0.15) is 0 Å². The Bertz CT molecular complexity index is 471. The molecule has 2 rings (SSSR count). The van der Waals surface area contributed by atoms with Gasteiger partial charge in [0.2, 0.25) is 0 Å². The van der Waals surface area contributed by atoms with Gasteiger partial charge in [0.15, 0.2) is 0 Å². The average Bonchev–Trinajstić information content (AvgIpc) is 2.69. The summed E-state index contributed by atoms with van der Waals surface area (Å²) < 4.78 is 5.11. The Morgan fingerprint density at radius 3 is 2.93 bits per heavy atom. The fourth-order valence-corrected chi connectivity index (χ4v) is 2.23. The lowest BCUT2D eigenvalue weighted by atomic mass is 10.3. The number of hydrogen-bond donors (Lipinski definition) is 0. The molecule has 4 heteroatoms. The maximum atomic E-state index is 11.2. The van der Waals surface area contributed by atoms with Crippen molar-refractivity contribution in [2.45, 2.75) is 4.90 Å². The predicted octanol–water partition coefficient (Wildman–Crippen LogP) is 3.09. The second-order valence-corrected chi connectivity index (χ2v) is 4.49. The first-order valence-electron chi connectivity index (χ1n) is 4.02. The van der Waals surface area contributed by atoms with Gasteiger partial charge in [-0.25, -0.2) is 4.79 Å². The van der Waals surface area contributed by atoms with Crippen molar-refractivity contribution in [1.82, 2.24) is 0 Å². The molecule has 72 valence electrons. The van der Waals surface area contributed by atoms with E-state index >= 15 is 0 Å². The van der Waals surface area contributed by atoms with Gasteiger partial charge in [-0.1, -0.05) is 6.07 Å². The van der Waals surface area contributed by atoms with Crippen LogP contribution in [0, 0.1) is 0 Å². The summed E-state index contributed by atoms with van der Waals surface area (Å²) in [4.78, 5) is 13.1. The van der Waals surface area contributed by atoms with Crippen LogP contribution in [0.5, 0.6) is 0 Å². The van der Waals surface area contributed by atoms with Crippen molar-refractivity contribution in [3.63, 3.8) is 0 Å². The lowest BCUT2D eigenvalue weighted by Crippen LogP contribution is -1.96. The molecule has 0 amide bonds. The molecular formula is C10H8O2S2. The second-order valence-electron chi connectivity index (χ2n) is 2.66. The molecule has 0 aliphatic carbocycles. The molecule has 0 aliphatic rings. The molecule has 14 heavy (non-hydrogen) atoms. The monoisotopic (exact) mass is 224 g/mol. The van der Waals surface area contributed by atoms with Crippen LogP contribution in [0.15, 0.2) is 43.8 Å². The fourth-order valence-electron chi connectivity index (χ4n) is 1.11. The smallest absolute Gasteiger partial charge is 0.337 e. The third kappa shape index (κ3) is 1.91. The highest BCUT2D eigenvalue weighted by molar-refractivity contribution is 7.98. The normalized spacial score (nSPS) is 10.4. The van der Waals surface area contributed by atoms with Crippen LogP contribution in [-0.4, -0.2) is 6.26 Å². The van der Waals surface area contributed by atoms with Crippen LogP contribution in [0.4, 0.5) is 0 Å². The van der Waals surface area contributed by atoms with E-state index in [9.17, 15) is 4.79 Å². The molecule has 0 bridgehead atoms. The highest BCUT2D eigenvalue weighted by atomic mass is 32.2. The third-order valence-corrected chi connectivity index (χ3v) is 3.34. The van der Waals surface area contributed by atoms with Crippen molar-refractivity contribution in [3.8, 4) is 10.6 Å². The topological polar surface area (TPSA) is 30.2 Å². The molecule has 0 saturated heterocycles. The first-order chi connectivity index (χ1) is 6.79. The van der Waals surface area contributed by atoms with E-state index < -0.39 is 0 Å². The van der Waals surface area contributed by atoms with E-state index in [2.05, 4.69) is 0 Å². The van der Waals surface area contributed by atoms with E-state index in [1.54, 1.807) is 11.3 Å². The molecule has 0 saturated carbocycles. The lowest BCUT2D eigenvalue weighted by Gasteiger charge is -1.98. The van der Waals surface area contributed by atoms with Crippen molar-refractivity contribution < 1.29 is 4.42 Å². The molecule has 0 unspecified atom stereocenters. The van der Waals surface area contributed by atoms with Crippen molar-refractivity contribution in [1.29, 1.82) is 0 Å². The molecule has 2 aromatic rings. The standard InChI is InChI=1S/C10H8O2S2/c1-13-7-5-8(12-10(11)6-7)9-3-2-4-14-9/h2-6H,1H3. The molecule has 0 aromatic carbocycles. The van der Waals surface area contributed by atoms with Gasteiger partial charge in [-0.2, -0.15) is 0 Å². The maximum absolute atomic E-state index is 11.2. The Labute approximate surface area is 89.6 Å². The molecule has 0 fully saturated rings. The quantitative estimate of drug-likeness (QED) is 0.734. The van der Waals surface area contributed by atoms with Crippen LogP contribution < -0.4 is 5.63 Å². The van der Waals surface area contributed by atoms with Gasteiger partial charge >= 0.3 is 5.63 Å². The summed E-state index contributed by atoms with van der Waals surface area (Å²) in [5.41, 5.74) is -0.291. The summed E-state index contributed by atoms with van der Waals surface area (Å²) in [7, 11) is 0. The molecular weight excluding hydrogens is 216 g/mol. The van der Waals surface area contributed by atoms with Gasteiger partial charge in [0.25, 0.3) is 0 Å². The molecule has 0 spiro atoms. The minimum absolute atomic E-state index is 0.291. The van der Waals surface area contributed by atoms with Crippen LogP contribution in [0.3, 0.4) is 0 Å². The molecule has 0 atom stereocenters. The first-order valence-corrected chi connectivity index (χ1v) is 6.13. The third-order valence-electron chi connectivity index (χ3n) is 1.74. The Morgan fingerprint density at radius 1 is 1.43 bits per heavy atom. The Morgan fingerprint density at radius 2 is 2.29 bits per heavy atom. The van der Waals surface area contributed by atoms with Crippen molar-refractivity contribution in [2.75, 3.05) is 6.26 Å². The van der Waals surface area contributed by atoms with Gasteiger partial charge in [0.05, 0.1) is 4.88 Å². The molecule has 2 nitrogen and oxygen atoms in total. The summed E-state index contributed by atoms with van der Waals surface area (Å²) in [5, 5.41) is 1.96. The fraction of sp³-hybridized carbons (Fsp3) is 0.100. The Kier molecular flexibility index (Phi) is 2.74. The SMILES string of the molecule is CSc1cc(-c2cccs2)oc(=O)c1. The summed E-state index contributed by atoms with van der Waals surface area (Å²) in [6.07, 6.45) is 1.94. The molecule has 0 radical (unpaired) electrons. The van der Waals surface area contributed by atoms with Crippen molar-refractivity contribution >= 4 is 23.1 Å². The molecule has 0 N–H and O–H groups in total. The zero-order valence-electron chi connectivity index (χ0n) is 7.52. The number of rotatable bonds is 2. The summed E-state index contributed by atoms with van der Waals surface area (Å²) >= 11 is 3.10. The minimum Gasteiger partial charge on any atom is -0.422 e. The Hall–Kier alpha value is -1.00. The summed E-state index contributed by atoms with van der Waals surface area (Å²) in [6, 6.07) is 7.26. The number of thiophene rings is 1. The lowest BCUT2D eigenvalue weighted by molar-refractivity contribution is 0.522. The van der Waals surface area contributed by atoms with E-state index in [-0.39, 0.29) is 5.63 Å². The van der Waals surface area contributed by atoms with E-state index in [1.807, 2.05) is 29.8 Å². The Balaban J connectivity index is 2.54. The summed E-state index contributed by atoms with van der Waals surface area (Å²) in [6.45, 7) is 0. The van der Waals surface area contributed by atoms with Gasteiger partial charge in [-0.15, -0.1) is 23.1 Å². The summed E-state index contributed by atoms with van der Waals surface area (Å²) in [5.74, 6) is 0.650. The zero-order chi connectivity index (χ0) is 9.97. The first kappa shape index (κ1) is 9.55. The van der Waals surface area contributed by atoms with E-state index in [4.69, 9.17) is 4.42 Å². The van der Waals surface area contributed by atoms with E-state index in [0.717, 1.165) is 9.77 Å². The average molecular weight is 224 g/mol. The highest BCUT2D eigenvalue weighted by Gasteiger charge is 2.04. The molecule has 2 aromatic heterocycles. The van der Waals surface area contributed by atoms with Crippen molar-refractivity contribution in [2.24, 2.45) is 0 Å². The van der Waals surface area contributed by atoms with Crippen LogP contribution in [0.25, 0.3) is 10.6 Å². The van der Waals surface area contributed by atoms with Crippen molar-refractivity contribution in [3.05, 3.63) is 40.1 Å². The van der Waals surface area contributed by atoms with Crippen LogP contribution in [0.2, 0.25) is 0 Å². The molecule has 0 aliphatic heterocycles. The number of hydrogen-bond acceptors (Lipinski definition) is 4. The van der Waals surface area contributed by atoms with Gasteiger partial charge in [0, 0.05) is 11.0 Å². The van der Waals surface area contributed by atoms with E-state index in [0.29, 0.717) is 5.76 Å². The van der Waals surface area contributed by atoms with Gasteiger partial charge in [0.1, 0.15) is 5.76 Å². The second kappa shape index (κ2) is 4.02. The van der Waals surface area contributed by atoms with Gasteiger partial charge in [-0.3, -0.25) is 0 Å². The zero-order valence-corrected chi connectivity index (χ0v) is 9.15. The maximum Gasteiger partial charge on any atom is 0.337 e. The predicted molar refractivity (Wildman–Crippen MR) is 60.1 cm³/mol. The van der Waals surface area contributed by atoms with E-state index in [1.165, 1.54) is 17.8 Å². The number of thioether (sulfide) groups is 1. The largest absolute Gasteiger partial charge is 0.422 e. The van der Waals surface area contributed by atoms with Gasteiger partial charge < -0.3 is 4.42 Å². The van der Waals surface area contributed by atoms with Crippen LogP contribution >= 0.6 is 23.1 Å². The van der Waals surface area contributed by atoms with Gasteiger partial charge in [-0.05, 0) is 23.8 Å². The molecule has 2 heterocycles. The van der Waals surface area contributed by atoms with Crippen LogP contribution in [-0.2, 0) is 0 Å². The highest BCUT2D eigenvalue weighted by Crippen LogP contribution is 2.26. The minimum atomic E-state index is -0.291.